The molecule has 168 valence electrons. The molecular weight excluding hydrogens is 428 g/mol. The second kappa shape index (κ2) is 11.6. The van der Waals surface area contributed by atoms with E-state index in [1.165, 1.54) is 24.8 Å². The van der Waals surface area contributed by atoms with Crippen molar-refractivity contribution in [3.63, 3.8) is 0 Å². The number of sulfonamides is 1. The lowest BCUT2D eigenvalue weighted by molar-refractivity contribution is -0.871. The summed E-state index contributed by atoms with van der Waals surface area (Å²) in [6, 6.07) is 11.1. The summed E-state index contributed by atoms with van der Waals surface area (Å²) in [5.74, 6) is 6.17. The van der Waals surface area contributed by atoms with E-state index in [-0.39, 0.29) is 10.6 Å². The Labute approximate surface area is 191 Å². The van der Waals surface area contributed by atoms with Gasteiger partial charge in [0.25, 0.3) is 10.0 Å². The summed E-state index contributed by atoms with van der Waals surface area (Å²) >= 11 is 1.14. The summed E-state index contributed by atoms with van der Waals surface area (Å²) in [4.78, 5) is 11.7. The van der Waals surface area contributed by atoms with Crippen LogP contribution in [0, 0.1) is 11.8 Å². The highest BCUT2D eigenvalue weighted by Gasteiger charge is 2.25. The zero-order valence-electron chi connectivity index (χ0n) is 18.8. The van der Waals surface area contributed by atoms with Gasteiger partial charge in [0.05, 0.1) is 38.6 Å². The summed E-state index contributed by atoms with van der Waals surface area (Å²) in [5.41, 5.74) is 2.22. The second-order valence-electron chi connectivity index (χ2n) is 8.72. The van der Waals surface area contributed by atoms with Crippen molar-refractivity contribution in [3.05, 3.63) is 52.4 Å². The predicted molar refractivity (Wildman–Crippen MR) is 128 cm³/mol. The molecule has 0 amide bonds. The highest BCUT2D eigenvalue weighted by atomic mass is 32.2. The number of hydrogen-bond donors (Lipinski definition) is 1. The van der Waals surface area contributed by atoms with Gasteiger partial charge in [0.2, 0.25) is 0 Å². The van der Waals surface area contributed by atoms with E-state index in [2.05, 4.69) is 35.6 Å². The van der Waals surface area contributed by atoms with Crippen LogP contribution in [0.4, 0.5) is 0 Å². The fourth-order valence-corrected chi connectivity index (χ4v) is 5.63. The van der Waals surface area contributed by atoms with Crippen LogP contribution in [-0.4, -0.2) is 52.9 Å². The lowest BCUT2D eigenvalue weighted by Crippen LogP contribution is -2.48. The van der Waals surface area contributed by atoms with E-state index in [0.717, 1.165) is 29.6 Å². The number of nitrogens with one attached hydrogen (secondary N) is 1. The highest BCUT2D eigenvalue weighted by molar-refractivity contribution is 7.91. The van der Waals surface area contributed by atoms with Crippen molar-refractivity contribution >= 4 is 27.6 Å². The van der Waals surface area contributed by atoms with Crippen molar-refractivity contribution in [2.24, 2.45) is 0 Å². The smallest absolute Gasteiger partial charge is 0.250 e. The summed E-state index contributed by atoms with van der Waals surface area (Å²) in [6.07, 6.45) is 5.63. The molecule has 2 rings (SSSR count). The average Bonchev–Trinajstić information content (AvgIpc) is 3.16. The van der Waals surface area contributed by atoms with Crippen LogP contribution >= 0.6 is 11.3 Å². The third kappa shape index (κ3) is 8.96. The van der Waals surface area contributed by atoms with Gasteiger partial charge >= 0.3 is 0 Å². The number of carbonyl (C=O) groups excluding carboxylic acids is 1. The maximum absolute atomic E-state index is 12.8. The zero-order chi connectivity index (χ0) is 22.9. The summed E-state index contributed by atoms with van der Waals surface area (Å²) in [6.45, 7) is 2.72. The van der Waals surface area contributed by atoms with E-state index in [9.17, 15) is 13.2 Å². The largest absolute Gasteiger partial charge is 0.330 e. The number of carbonyl (C=O) groups is 1. The Morgan fingerprint density at radius 3 is 2.39 bits per heavy atom. The molecule has 0 radical (unpaired) electrons. The Morgan fingerprint density at radius 2 is 1.77 bits per heavy atom. The molecule has 2 aromatic rings. The molecule has 1 atom stereocenters. The van der Waals surface area contributed by atoms with Gasteiger partial charge in [0, 0.05) is 12.0 Å². The first-order valence-electron chi connectivity index (χ1n) is 10.6. The van der Waals surface area contributed by atoms with Gasteiger partial charge in [0.15, 0.2) is 0 Å². The number of benzene rings is 1. The first-order valence-corrected chi connectivity index (χ1v) is 12.9. The van der Waals surface area contributed by atoms with Gasteiger partial charge in [-0.3, -0.25) is 0 Å². The van der Waals surface area contributed by atoms with Crippen molar-refractivity contribution in [2.45, 2.75) is 49.3 Å². The molecule has 0 fully saturated rings. The normalized spacial score (nSPS) is 12.8. The van der Waals surface area contributed by atoms with Gasteiger partial charge in [-0.25, -0.2) is 13.1 Å². The monoisotopic (exact) mass is 461 g/mol. The molecule has 5 nitrogen and oxygen atoms in total. The van der Waals surface area contributed by atoms with Crippen molar-refractivity contribution in [3.8, 4) is 11.8 Å². The van der Waals surface area contributed by atoms with Crippen molar-refractivity contribution < 1.29 is 17.7 Å². The van der Waals surface area contributed by atoms with Crippen LogP contribution in [-0.2, 0) is 21.2 Å². The van der Waals surface area contributed by atoms with E-state index < -0.39 is 16.1 Å². The quantitative estimate of drug-likeness (QED) is 0.239. The molecule has 7 heteroatoms. The minimum Gasteiger partial charge on any atom is -0.330 e. The van der Waals surface area contributed by atoms with Gasteiger partial charge in [-0.2, -0.15) is 0 Å². The van der Waals surface area contributed by atoms with Gasteiger partial charge in [-0.05, 0) is 42.7 Å². The number of thiophene rings is 1. The molecule has 0 aliphatic heterocycles. The summed E-state index contributed by atoms with van der Waals surface area (Å²) < 4.78 is 29.0. The Bertz CT molecular complexity index is 1010. The van der Waals surface area contributed by atoms with Crippen LogP contribution in [0.25, 0.3) is 0 Å². The van der Waals surface area contributed by atoms with E-state index in [1.54, 1.807) is 12.1 Å². The molecule has 1 aromatic carbocycles. The standard InChI is InChI=1S/C24H33N2O3S2/c1-5-6-7-8-20-9-11-21(12-10-20)13-14-23-15-16-24(30-23)31(28,29)25-22(17-18-27)19-26(2,3)4/h9-12,15-16,18,22,25H,5-8,17,19H2,1-4H3/q+1. The maximum Gasteiger partial charge on any atom is 0.250 e. The first-order chi connectivity index (χ1) is 14.6. The lowest BCUT2D eigenvalue weighted by Gasteiger charge is -2.28. The van der Waals surface area contributed by atoms with Gasteiger partial charge in [-0.1, -0.05) is 43.7 Å². The van der Waals surface area contributed by atoms with Gasteiger partial charge in [-0.15, -0.1) is 11.3 Å². The number of likely N-dealkylation sites (N-methyl/N-ethyl adjacent to an activating group) is 1. The molecule has 0 saturated heterocycles. The second-order valence-corrected chi connectivity index (χ2v) is 11.7. The zero-order valence-corrected chi connectivity index (χ0v) is 20.5. The fraction of sp³-hybridized carbons (Fsp3) is 0.458. The van der Waals surface area contributed by atoms with Gasteiger partial charge < -0.3 is 9.28 Å². The molecule has 0 bridgehead atoms. The van der Waals surface area contributed by atoms with E-state index in [4.69, 9.17) is 0 Å². The van der Waals surface area contributed by atoms with Gasteiger partial charge in [0.1, 0.15) is 10.5 Å². The maximum atomic E-state index is 12.8. The molecule has 1 heterocycles. The van der Waals surface area contributed by atoms with Crippen LogP contribution in [0.2, 0.25) is 0 Å². The number of unbranched alkanes of at least 4 members (excludes halogenated alkanes) is 2. The number of quaternary nitrogens is 1. The number of hydrogen-bond acceptors (Lipinski definition) is 4. The minimum absolute atomic E-state index is 0.140. The third-order valence-corrected chi connectivity index (χ3v) is 7.68. The third-order valence-electron chi connectivity index (χ3n) is 4.67. The molecule has 0 aliphatic carbocycles. The van der Waals surface area contributed by atoms with E-state index in [0.29, 0.717) is 15.9 Å². The van der Waals surface area contributed by atoms with Crippen LogP contribution in [0.3, 0.4) is 0 Å². The lowest BCUT2D eigenvalue weighted by atomic mass is 10.1. The molecule has 1 aromatic heterocycles. The molecule has 0 spiro atoms. The molecule has 31 heavy (non-hydrogen) atoms. The molecule has 0 saturated carbocycles. The van der Waals surface area contributed by atoms with Crippen LogP contribution in [0.5, 0.6) is 0 Å². The fourth-order valence-electron chi connectivity index (χ4n) is 3.21. The Kier molecular flexibility index (Phi) is 9.45. The van der Waals surface area contributed by atoms with Crippen molar-refractivity contribution in [2.75, 3.05) is 27.7 Å². The van der Waals surface area contributed by atoms with E-state index in [1.807, 2.05) is 33.3 Å². The van der Waals surface area contributed by atoms with Crippen LogP contribution in [0.1, 0.15) is 48.6 Å². The SMILES string of the molecule is CCCCCc1ccc(C#Cc2ccc(S(=O)(=O)NC(CC=O)C[N+](C)(C)C)s2)cc1. The van der Waals surface area contributed by atoms with Crippen LogP contribution < -0.4 is 4.72 Å². The number of aryl methyl sites for hydroxylation is 1. The molecular formula is C24H33N2O3S2+. The number of nitrogens with zero attached hydrogens (tertiary/aromatic N) is 1. The Morgan fingerprint density at radius 1 is 1.06 bits per heavy atom. The molecule has 1 unspecified atom stereocenters. The number of aldehydes is 1. The predicted octanol–water partition coefficient (Wildman–Crippen LogP) is 3.82. The molecule has 1 N–H and O–H groups in total. The Hall–Kier alpha value is -1.98. The van der Waals surface area contributed by atoms with E-state index >= 15 is 0 Å². The summed E-state index contributed by atoms with van der Waals surface area (Å²) in [5, 5.41) is 0. The minimum atomic E-state index is -3.70. The topological polar surface area (TPSA) is 63.2 Å². The highest BCUT2D eigenvalue weighted by Crippen LogP contribution is 2.21. The summed E-state index contributed by atoms with van der Waals surface area (Å²) in [7, 11) is 2.18. The Balaban J connectivity index is 2.06. The van der Waals surface area contributed by atoms with Crippen molar-refractivity contribution in [1.29, 1.82) is 0 Å². The van der Waals surface area contributed by atoms with Crippen molar-refractivity contribution in [1.82, 2.24) is 4.72 Å². The van der Waals surface area contributed by atoms with Crippen LogP contribution in [0.15, 0.2) is 40.6 Å². The first kappa shape index (κ1) is 25.3. The average molecular weight is 462 g/mol. The number of rotatable bonds is 11. The molecule has 0 aliphatic rings.